The number of carbonyl (C=O) groups excluding carboxylic acids is 1. The summed E-state index contributed by atoms with van der Waals surface area (Å²) in [6.07, 6.45) is -2.86. The Morgan fingerprint density at radius 1 is 1.50 bits per heavy atom. The predicted molar refractivity (Wildman–Crippen MR) is 64.6 cm³/mol. The Kier molecular flexibility index (Phi) is 5.46. The first kappa shape index (κ1) is 14.8. The van der Waals surface area contributed by atoms with E-state index in [0.29, 0.717) is 6.42 Å². The number of nitrogens with one attached hydrogen (secondary N) is 2. The van der Waals surface area contributed by atoms with Crippen molar-refractivity contribution in [3.63, 3.8) is 0 Å². The number of hydrogen-bond donors (Lipinski definition) is 2. The number of rotatable bonds is 5. The van der Waals surface area contributed by atoms with Gasteiger partial charge in [-0.25, -0.2) is 4.79 Å². The highest BCUT2D eigenvalue weighted by Crippen LogP contribution is 2.23. The van der Waals surface area contributed by atoms with Gasteiger partial charge in [-0.1, -0.05) is 19.4 Å². The van der Waals surface area contributed by atoms with E-state index in [0.717, 1.165) is 11.3 Å². The lowest BCUT2D eigenvalue weighted by Crippen LogP contribution is -2.42. The SMILES string of the molecule is CCCC(NC(=O)NCC(F)(F)F)c1cccs1. The van der Waals surface area contributed by atoms with E-state index >= 15 is 0 Å². The predicted octanol–water partition coefficient (Wildman–Crippen LogP) is 3.45. The summed E-state index contributed by atoms with van der Waals surface area (Å²) in [6.45, 7) is 0.637. The van der Waals surface area contributed by atoms with Crippen LogP contribution in [0.2, 0.25) is 0 Å². The zero-order valence-electron chi connectivity index (χ0n) is 9.88. The van der Waals surface area contributed by atoms with Crippen molar-refractivity contribution < 1.29 is 18.0 Å². The summed E-state index contributed by atoms with van der Waals surface area (Å²) in [5.41, 5.74) is 0. The maximum absolute atomic E-state index is 11.9. The molecular weight excluding hydrogens is 265 g/mol. The lowest BCUT2D eigenvalue weighted by atomic mass is 10.1. The minimum Gasteiger partial charge on any atom is -0.331 e. The molecular formula is C11H15F3N2OS. The molecule has 0 fully saturated rings. The first-order valence-corrected chi connectivity index (χ1v) is 6.45. The van der Waals surface area contributed by atoms with Gasteiger partial charge >= 0.3 is 12.2 Å². The van der Waals surface area contributed by atoms with Gasteiger partial charge < -0.3 is 10.6 Å². The number of urea groups is 1. The summed E-state index contributed by atoms with van der Waals surface area (Å²) in [7, 11) is 0. The fourth-order valence-corrected chi connectivity index (χ4v) is 2.27. The molecule has 102 valence electrons. The molecule has 1 aromatic heterocycles. The minimum absolute atomic E-state index is 0.233. The second kappa shape index (κ2) is 6.63. The van der Waals surface area contributed by atoms with Gasteiger partial charge in [0.05, 0.1) is 6.04 Å². The van der Waals surface area contributed by atoms with E-state index in [4.69, 9.17) is 0 Å². The van der Waals surface area contributed by atoms with E-state index in [1.807, 2.05) is 24.4 Å². The molecule has 0 aliphatic rings. The van der Waals surface area contributed by atoms with Crippen LogP contribution in [0.15, 0.2) is 17.5 Å². The second-order valence-corrected chi connectivity index (χ2v) is 4.78. The number of thiophene rings is 1. The fraction of sp³-hybridized carbons (Fsp3) is 0.545. The van der Waals surface area contributed by atoms with Crippen LogP contribution in [-0.2, 0) is 0 Å². The molecule has 7 heteroatoms. The molecule has 0 radical (unpaired) electrons. The Hall–Kier alpha value is -1.24. The molecule has 2 N–H and O–H groups in total. The average molecular weight is 280 g/mol. The van der Waals surface area contributed by atoms with Crippen LogP contribution in [0.1, 0.15) is 30.7 Å². The lowest BCUT2D eigenvalue weighted by Gasteiger charge is -2.17. The summed E-state index contributed by atoms with van der Waals surface area (Å²) >= 11 is 1.47. The molecule has 0 aliphatic carbocycles. The van der Waals surface area contributed by atoms with Crippen molar-refractivity contribution >= 4 is 17.4 Å². The van der Waals surface area contributed by atoms with Gasteiger partial charge in [0.15, 0.2) is 0 Å². The zero-order chi connectivity index (χ0) is 13.6. The maximum Gasteiger partial charge on any atom is 0.405 e. The first-order valence-electron chi connectivity index (χ1n) is 5.57. The Bertz CT molecular complexity index is 365. The van der Waals surface area contributed by atoms with Gasteiger partial charge in [-0.15, -0.1) is 11.3 Å². The highest BCUT2D eigenvalue weighted by Gasteiger charge is 2.28. The molecule has 18 heavy (non-hydrogen) atoms. The van der Waals surface area contributed by atoms with Crippen LogP contribution in [0.25, 0.3) is 0 Å². The largest absolute Gasteiger partial charge is 0.405 e. The van der Waals surface area contributed by atoms with Gasteiger partial charge in [-0.3, -0.25) is 0 Å². The average Bonchev–Trinajstić information content (AvgIpc) is 2.78. The quantitative estimate of drug-likeness (QED) is 0.852. The summed E-state index contributed by atoms with van der Waals surface area (Å²) < 4.78 is 35.8. The third-order valence-corrected chi connectivity index (χ3v) is 3.20. The van der Waals surface area contributed by atoms with Crippen molar-refractivity contribution in [1.82, 2.24) is 10.6 Å². The van der Waals surface area contributed by atoms with Crippen LogP contribution in [0.4, 0.5) is 18.0 Å². The van der Waals surface area contributed by atoms with Crippen LogP contribution in [0.5, 0.6) is 0 Å². The molecule has 2 amide bonds. The molecule has 1 rings (SSSR count). The van der Waals surface area contributed by atoms with E-state index < -0.39 is 18.8 Å². The summed E-state index contributed by atoms with van der Waals surface area (Å²) in [5, 5.41) is 6.22. The number of carbonyl (C=O) groups is 1. The van der Waals surface area contributed by atoms with E-state index in [9.17, 15) is 18.0 Å². The van der Waals surface area contributed by atoms with E-state index in [2.05, 4.69) is 5.32 Å². The van der Waals surface area contributed by atoms with Crippen LogP contribution >= 0.6 is 11.3 Å². The topological polar surface area (TPSA) is 41.1 Å². The molecule has 1 atom stereocenters. The molecule has 1 heterocycles. The number of amides is 2. The molecule has 3 nitrogen and oxygen atoms in total. The normalized spacial score (nSPS) is 13.1. The summed E-state index contributed by atoms with van der Waals surface area (Å²) in [6, 6.07) is 2.68. The molecule has 0 spiro atoms. The molecule has 0 saturated heterocycles. The maximum atomic E-state index is 11.9. The molecule has 1 aromatic rings. The number of halogens is 3. The Morgan fingerprint density at radius 2 is 2.22 bits per heavy atom. The van der Waals surface area contributed by atoms with Gasteiger partial charge in [-0.05, 0) is 17.9 Å². The number of alkyl halides is 3. The molecule has 0 bridgehead atoms. The van der Waals surface area contributed by atoms with E-state index in [1.165, 1.54) is 11.3 Å². The highest BCUT2D eigenvalue weighted by atomic mass is 32.1. The van der Waals surface area contributed by atoms with Crippen molar-refractivity contribution in [3.05, 3.63) is 22.4 Å². The van der Waals surface area contributed by atoms with Crippen molar-refractivity contribution in [2.24, 2.45) is 0 Å². The Balaban J connectivity index is 2.49. The van der Waals surface area contributed by atoms with Crippen LogP contribution in [0.3, 0.4) is 0 Å². The van der Waals surface area contributed by atoms with Crippen molar-refractivity contribution in [2.75, 3.05) is 6.54 Å². The van der Waals surface area contributed by atoms with Crippen molar-refractivity contribution in [3.8, 4) is 0 Å². The van der Waals surface area contributed by atoms with Gasteiger partial charge in [0.2, 0.25) is 0 Å². The van der Waals surface area contributed by atoms with Gasteiger partial charge in [0, 0.05) is 4.88 Å². The number of hydrogen-bond acceptors (Lipinski definition) is 2. The molecule has 1 unspecified atom stereocenters. The van der Waals surface area contributed by atoms with Gasteiger partial charge in [0.25, 0.3) is 0 Å². The minimum atomic E-state index is -4.39. The van der Waals surface area contributed by atoms with Crippen molar-refractivity contribution in [1.29, 1.82) is 0 Å². The fourth-order valence-electron chi connectivity index (χ4n) is 1.45. The molecule has 0 aromatic carbocycles. The first-order chi connectivity index (χ1) is 8.42. The smallest absolute Gasteiger partial charge is 0.331 e. The third kappa shape index (κ3) is 5.39. The van der Waals surface area contributed by atoms with Gasteiger partial charge in [0.1, 0.15) is 6.54 Å². The summed E-state index contributed by atoms with van der Waals surface area (Å²) in [5.74, 6) is 0. The van der Waals surface area contributed by atoms with E-state index in [1.54, 1.807) is 5.32 Å². The van der Waals surface area contributed by atoms with Crippen LogP contribution in [0, 0.1) is 0 Å². The van der Waals surface area contributed by atoms with E-state index in [-0.39, 0.29) is 6.04 Å². The lowest BCUT2D eigenvalue weighted by molar-refractivity contribution is -0.122. The Labute approximate surface area is 107 Å². The van der Waals surface area contributed by atoms with Gasteiger partial charge in [-0.2, -0.15) is 13.2 Å². The van der Waals surface area contributed by atoms with Crippen molar-refractivity contribution in [2.45, 2.75) is 32.0 Å². The monoisotopic (exact) mass is 280 g/mol. The summed E-state index contributed by atoms with van der Waals surface area (Å²) in [4.78, 5) is 12.3. The third-order valence-electron chi connectivity index (χ3n) is 2.22. The van der Waals surface area contributed by atoms with Crippen LogP contribution in [-0.4, -0.2) is 18.8 Å². The standard InChI is InChI=1S/C11H15F3N2OS/c1-2-4-8(9-5-3-6-18-9)16-10(17)15-7-11(12,13)14/h3,5-6,8H,2,4,7H2,1H3,(H2,15,16,17). The second-order valence-electron chi connectivity index (χ2n) is 3.80. The highest BCUT2D eigenvalue weighted by molar-refractivity contribution is 7.10. The Morgan fingerprint density at radius 3 is 2.72 bits per heavy atom. The zero-order valence-corrected chi connectivity index (χ0v) is 10.7. The molecule has 0 aliphatic heterocycles. The van der Waals surface area contributed by atoms with Crippen LogP contribution < -0.4 is 10.6 Å². The molecule has 0 saturated carbocycles.